The van der Waals surface area contributed by atoms with Gasteiger partial charge in [-0.25, -0.2) is 4.79 Å². The number of nitrogens with zero attached hydrogens (tertiary/aromatic N) is 1. The molecule has 104 valence electrons. The van der Waals surface area contributed by atoms with Gasteiger partial charge in [0.1, 0.15) is 0 Å². The molecule has 1 aliphatic heterocycles. The maximum Gasteiger partial charge on any atom is 0.317 e. The van der Waals surface area contributed by atoms with Gasteiger partial charge in [0.15, 0.2) is 0 Å². The fraction of sp³-hybridized carbons (Fsp3) is 0.846. The number of nitrogens with one attached hydrogen (secondary N) is 1. The van der Waals surface area contributed by atoms with E-state index in [1.165, 1.54) is 0 Å². The molecule has 0 aliphatic carbocycles. The summed E-state index contributed by atoms with van der Waals surface area (Å²) >= 11 is 0. The summed E-state index contributed by atoms with van der Waals surface area (Å²) < 4.78 is 0. The Bertz CT molecular complexity index is 328. The van der Waals surface area contributed by atoms with Gasteiger partial charge in [-0.2, -0.15) is 0 Å². The number of likely N-dealkylation sites (tertiary alicyclic amines) is 1. The normalized spacial score (nSPS) is 24.1. The molecule has 1 fully saturated rings. The van der Waals surface area contributed by atoms with Gasteiger partial charge in [-0.3, -0.25) is 4.79 Å². The molecule has 2 atom stereocenters. The van der Waals surface area contributed by atoms with E-state index >= 15 is 0 Å². The highest BCUT2D eigenvalue weighted by molar-refractivity contribution is 5.78. The van der Waals surface area contributed by atoms with Crippen LogP contribution < -0.4 is 5.32 Å². The second-order valence-electron chi connectivity index (χ2n) is 5.89. The number of rotatable bonds is 4. The molecule has 2 amide bonds. The number of carboxylic acid groups (broad SMARTS) is 1. The highest BCUT2D eigenvalue weighted by atomic mass is 16.4. The first kappa shape index (κ1) is 14.8. The SMILES string of the molecule is CCCC(C)(C)NC(=O)N1C[C@@H](C)[C@H](C(=O)O)C1. The van der Waals surface area contributed by atoms with Crippen molar-refractivity contribution in [1.29, 1.82) is 0 Å². The van der Waals surface area contributed by atoms with Crippen LogP contribution in [0.5, 0.6) is 0 Å². The summed E-state index contributed by atoms with van der Waals surface area (Å²) in [5, 5.41) is 12.0. The Balaban J connectivity index is 2.57. The molecule has 0 bridgehead atoms. The monoisotopic (exact) mass is 256 g/mol. The third-order valence-electron chi connectivity index (χ3n) is 3.54. The van der Waals surface area contributed by atoms with Crippen LogP contribution in [0.25, 0.3) is 0 Å². The number of carbonyl (C=O) groups excluding carboxylic acids is 1. The fourth-order valence-corrected chi connectivity index (χ4v) is 2.51. The molecule has 5 heteroatoms. The molecule has 0 aromatic rings. The maximum absolute atomic E-state index is 12.1. The minimum atomic E-state index is -0.814. The number of carbonyl (C=O) groups is 2. The Morgan fingerprint density at radius 3 is 2.44 bits per heavy atom. The van der Waals surface area contributed by atoms with Crippen molar-refractivity contribution < 1.29 is 14.7 Å². The van der Waals surface area contributed by atoms with Crippen molar-refractivity contribution in [3.05, 3.63) is 0 Å². The third kappa shape index (κ3) is 3.62. The van der Waals surface area contributed by atoms with E-state index in [2.05, 4.69) is 12.2 Å². The van der Waals surface area contributed by atoms with Crippen LogP contribution in [0.15, 0.2) is 0 Å². The Labute approximate surface area is 109 Å². The molecule has 0 aromatic heterocycles. The second kappa shape index (κ2) is 5.59. The van der Waals surface area contributed by atoms with Crippen LogP contribution in [0.2, 0.25) is 0 Å². The van der Waals surface area contributed by atoms with Crippen LogP contribution >= 0.6 is 0 Å². The molecule has 0 radical (unpaired) electrons. The Morgan fingerprint density at radius 2 is 2.00 bits per heavy atom. The molecular weight excluding hydrogens is 232 g/mol. The molecule has 0 aromatic carbocycles. The number of hydrogen-bond acceptors (Lipinski definition) is 2. The first-order valence-corrected chi connectivity index (χ1v) is 6.56. The van der Waals surface area contributed by atoms with Crippen LogP contribution in [0.3, 0.4) is 0 Å². The summed E-state index contributed by atoms with van der Waals surface area (Å²) in [7, 11) is 0. The lowest BCUT2D eigenvalue weighted by Gasteiger charge is -2.29. The average Bonchev–Trinajstić information content (AvgIpc) is 2.59. The van der Waals surface area contributed by atoms with E-state index in [9.17, 15) is 9.59 Å². The van der Waals surface area contributed by atoms with Crippen LogP contribution in [0.1, 0.15) is 40.5 Å². The molecule has 0 unspecified atom stereocenters. The van der Waals surface area contributed by atoms with E-state index in [-0.39, 0.29) is 17.5 Å². The first-order chi connectivity index (χ1) is 8.26. The van der Waals surface area contributed by atoms with Gasteiger partial charge in [0.05, 0.1) is 5.92 Å². The highest BCUT2D eigenvalue weighted by Gasteiger charge is 2.37. The molecule has 1 aliphatic rings. The molecular formula is C13H24N2O3. The van der Waals surface area contributed by atoms with Gasteiger partial charge in [0.2, 0.25) is 0 Å². The smallest absolute Gasteiger partial charge is 0.317 e. The zero-order valence-corrected chi connectivity index (χ0v) is 11.7. The standard InChI is InChI=1S/C13H24N2O3/c1-5-6-13(3,4)14-12(18)15-7-9(2)10(8-15)11(16)17/h9-10H,5-8H2,1-4H3,(H,14,18)(H,16,17)/t9-,10-/m1/s1. The summed E-state index contributed by atoms with van der Waals surface area (Å²) in [6.07, 6.45) is 1.91. The van der Waals surface area contributed by atoms with Gasteiger partial charge in [-0.05, 0) is 26.2 Å². The predicted octanol–water partition coefficient (Wildman–Crippen LogP) is 1.93. The van der Waals surface area contributed by atoms with Crippen LogP contribution in [0, 0.1) is 11.8 Å². The summed E-state index contributed by atoms with van der Waals surface area (Å²) in [6, 6.07) is -0.149. The van der Waals surface area contributed by atoms with Crippen molar-refractivity contribution in [2.75, 3.05) is 13.1 Å². The first-order valence-electron chi connectivity index (χ1n) is 6.56. The molecule has 2 N–H and O–H groups in total. The summed E-state index contributed by atoms with van der Waals surface area (Å²) in [5.74, 6) is -1.24. The number of aliphatic carboxylic acids is 1. The van der Waals surface area contributed by atoms with Crippen LogP contribution in [-0.2, 0) is 4.79 Å². The third-order valence-corrected chi connectivity index (χ3v) is 3.54. The fourth-order valence-electron chi connectivity index (χ4n) is 2.51. The summed E-state index contributed by atoms with van der Waals surface area (Å²) in [5.41, 5.74) is -0.240. The van der Waals surface area contributed by atoms with Crippen molar-refractivity contribution in [2.45, 2.75) is 46.1 Å². The van der Waals surface area contributed by atoms with E-state index in [1.807, 2.05) is 20.8 Å². The molecule has 1 rings (SSSR count). The minimum absolute atomic E-state index is 0.0162. The Hall–Kier alpha value is -1.26. The van der Waals surface area contributed by atoms with Crippen molar-refractivity contribution in [3.8, 4) is 0 Å². The van der Waals surface area contributed by atoms with Crippen molar-refractivity contribution >= 4 is 12.0 Å². The largest absolute Gasteiger partial charge is 0.481 e. The lowest BCUT2D eigenvalue weighted by atomic mass is 9.99. The molecule has 1 heterocycles. The maximum atomic E-state index is 12.1. The minimum Gasteiger partial charge on any atom is -0.481 e. The zero-order valence-electron chi connectivity index (χ0n) is 11.7. The zero-order chi connectivity index (χ0) is 13.9. The van der Waals surface area contributed by atoms with Crippen molar-refractivity contribution in [1.82, 2.24) is 10.2 Å². The van der Waals surface area contributed by atoms with Gasteiger partial charge in [0.25, 0.3) is 0 Å². The van der Waals surface area contributed by atoms with E-state index in [0.29, 0.717) is 13.1 Å². The number of amides is 2. The predicted molar refractivity (Wildman–Crippen MR) is 69.4 cm³/mol. The molecule has 18 heavy (non-hydrogen) atoms. The lowest BCUT2D eigenvalue weighted by molar-refractivity contribution is -0.142. The van der Waals surface area contributed by atoms with E-state index in [0.717, 1.165) is 12.8 Å². The van der Waals surface area contributed by atoms with Gasteiger partial charge in [-0.1, -0.05) is 20.3 Å². The Morgan fingerprint density at radius 1 is 1.39 bits per heavy atom. The molecule has 5 nitrogen and oxygen atoms in total. The van der Waals surface area contributed by atoms with Crippen molar-refractivity contribution in [2.24, 2.45) is 11.8 Å². The molecule has 0 saturated carbocycles. The van der Waals surface area contributed by atoms with E-state index in [4.69, 9.17) is 5.11 Å². The van der Waals surface area contributed by atoms with Gasteiger partial charge < -0.3 is 15.3 Å². The van der Waals surface area contributed by atoms with E-state index in [1.54, 1.807) is 4.90 Å². The molecule has 1 saturated heterocycles. The number of urea groups is 1. The summed E-state index contributed by atoms with van der Waals surface area (Å²) in [4.78, 5) is 24.7. The second-order valence-corrected chi connectivity index (χ2v) is 5.89. The van der Waals surface area contributed by atoms with Gasteiger partial charge >= 0.3 is 12.0 Å². The Kier molecular flexibility index (Phi) is 4.59. The highest BCUT2D eigenvalue weighted by Crippen LogP contribution is 2.23. The number of hydrogen-bond donors (Lipinski definition) is 2. The number of carboxylic acids is 1. The van der Waals surface area contributed by atoms with Crippen LogP contribution in [0.4, 0.5) is 4.79 Å². The van der Waals surface area contributed by atoms with Crippen LogP contribution in [-0.4, -0.2) is 40.6 Å². The average molecular weight is 256 g/mol. The van der Waals surface area contributed by atoms with Gasteiger partial charge in [-0.15, -0.1) is 0 Å². The van der Waals surface area contributed by atoms with Gasteiger partial charge in [0, 0.05) is 18.6 Å². The lowest BCUT2D eigenvalue weighted by Crippen LogP contribution is -2.49. The summed E-state index contributed by atoms with van der Waals surface area (Å²) in [6.45, 7) is 8.76. The molecule has 0 spiro atoms. The van der Waals surface area contributed by atoms with Crippen molar-refractivity contribution in [3.63, 3.8) is 0 Å². The quantitative estimate of drug-likeness (QED) is 0.807. The topological polar surface area (TPSA) is 69.6 Å². The van der Waals surface area contributed by atoms with E-state index < -0.39 is 11.9 Å².